The standard InChI is InChI=1S/C12H10O5S.K/c1-3-7-16-10-5-6-11(17-8-4-2)12(9-10)18(13,14)15;/h1-2,5-6,9H,7-8H2,(H,13,14,15);/q;+1/p-1. The molecule has 0 aliphatic heterocycles. The smallest absolute Gasteiger partial charge is 0.744 e. The Morgan fingerprint density at radius 3 is 2.26 bits per heavy atom. The number of ether oxygens (including phenoxy) is 2. The molecule has 1 aromatic rings. The summed E-state index contributed by atoms with van der Waals surface area (Å²) < 4.78 is 43.2. The third-order valence-corrected chi connectivity index (χ3v) is 2.68. The van der Waals surface area contributed by atoms with Gasteiger partial charge in [0.25, 0.3) is 0 Å². The molecule has 0 radical (unpaired) electrons. The second kappa shape index (κ2) is 8.62. The van der Waals surface area contributed by atoms with Gasteiger partial charge in [0.1, 0.15) is 39.7 Å². The van der Waals surface area contributed by atoms with Gasteiger partial charge >= 0.3 is 51.4 Å². The molecule has 0 amide bonds. The number of hydrogen-bond donors (Lipinski definition) is 0. The Labute approximate surface area is 154 Å². The van der Waals surface area contributed by atoms with Gasteiger partial charge in [0, 0.05) is 6.07 Å². The van der Waals surface area contributed by atoms with Crippen molar-refractivity contribution in [2.75, 3.05) is 13.2 Å². The molecule has 0 bridgehead atoms. The van der Waals surface area contributed by atoms with Gasteiger partial charge in [-0.05, 0) is 12.1 Å². The Morgan fingerprint density at radius 2 is 1.74 bits per heavy atom. The number of benzene rings is 1. The maximum absolute atomic E-state index is 11.1. The maximum atomic E-state index is 11.1. The molecule has 0 aliphatic carbocycles. The summed E-state index contributed by atoms with van der Waals surface area (Å²) in [5, 5.41) is 0. The van der Waals surface area contributed by atoms with Gasteiger partial charge in [-0.2, -0.15) is 0 Å². The summed E-state index contributed by atoms with van der Waals surface area (Å²) in [4.78, 5) is -0.535. The van der Waals surface area contributed by atoms with E-state index in [0.29, 0.717) is 0 Å². The van der Waals surface area contributed by atoms with E-state index >= 15 is 0 Å². The molecule has 1 aromatic carbocycles. The molecule has 7 heteroatoms. The molecule has 0 unspecified atom stereocenters. The summed E-state index contributed by atoms with van der Waals surface area (Å²) in [7, 11) is -4.69. The molecule has 5 nitrogen and oxygen atoms in total. The minimum Gasteiger partial charge on any atom is -0.744 e. The summed E-state index contributed by atoms with van der Waals surface area (Å²) in [6, 6.07) is 3.76. The average Bonchev–Trinajstić information content (AvgIpc) is 2.33. The van der Waals surface area contributed by atoms with Crippen LogP contribution < -0.4 is 60.9 Å². The molecular formula is C12H9KO5S. The Bertz CT molecular complexity index is 610. The van der Waals surface area contributed by atoms with Crippen molar-refractivity contribution in [3.63, 3.8) is 0 Å². The number of terminal acetylenes is 2. The van der Waals surface area contributed by atoms with Crippen LogP contribution in [0.2, 0.25) is 0 Å². The molecule has 0 atom stereocenters. The van der Waals surface area contributed by atoms with E-state index in [2.05, 4.69) is 11.8 Å². The first-order valence-corrected chi connectivity index (χ1v) is 6.12. The fourth-order valence-corrected chi connectivity index (χ4v) is 1.77. The SMILES string of the molecule is C#CCOc1ccc(OCC#C)c(S(=O)(=O)[O-])c1.[K+]. The first-order valence-electron chi connectivity index (χ1n) is 4.71. The van der Waals surface area contributed by atoms with Gasteiger partial charge in [-0.25, -0.2) is 8.42 Å². The van der Waals surface area contributed by atoms with E-state index in [1.54, 1.807) is 0 Å². The van der Waals surface area contributed by atoms with Crippen LogP contribution in [0.25, 0.3) is 0 Å². The van der Waals surface area contributed by atoms with Crippen molar-refractivity contribution in [2.24, 2.45) is 0 Å². The van der Waals surface area contributed by atoms with Crippen LogP contribution in [0.3, 0.4) is 0 Å². The van der Waals surface area contributed by atoms with E-state index < -0.39 is 15.0 Å². The van der Waals surface area contributed by atoms with Gasteiger partial charge in [-0.1, -0.05) is 11.8 Å². The van der Waals surface area contributed by atoms with E-state index in [4.69, 9.17) is 22.3 Å². The summed E-state index contributed by atoms with van der Waals surface area (Å²) in [5.74, 6) is 4.43. The maximum Gasteiger partial charge on any atom is 1.00 e. The van der Waals surface area contributed by atoms with Crippen LogP contribution in [0.4, 0.5) is 0 Å². The summed E-state index contributed by atoms with van der Waals surface area (Å²) in [6.07, 6.45) is 9.98. The Morgan fingerprint density at radius 1 is 1.16 bits per heavy atom. The minimum absolute atomic E-state index is 0. The van der Waals surface area contributed by atoms with Crippen molar-refractivity contribution in [1.29, 1.82) is 0 Å². The normalized spacial score (nSPS) is 9.63. The van der Waals surface area contributed by atoms with Crippen molar-refractivity contribution in [1.82, 2.24) is 0 Å². The molecule has 0 saturated heterocycles. The zero-order valence-corrected chi connectivity index (χ0v) is 14.2. The van der Waals surface area contributed by atoms with Crippen molar-refractivity contribution in [2.45, 2.75) is 4.90 Å². The molecule has 0 aliphatic rings. The van der Waals surface area contributed by atoms with Crippen LogP contribution in [0.5, 0.6) is 11.5 Å². The van der Waals surface area contributed by atoms with E-state index in [1.165, 1.54) is 12.1 Å². The fourth-order valence-electron chi connectivity index (χ4n) is 1.14. The van der Waals surface area contributed by atoms with E-state index in [0.717, 1.165) is 6.07 Å². The van der Waals surface area contributed by atoms with E-state index in [1.807, 2.05) is 0 Å². The molecule has 0 aromatic heterocycles. The second-order valence-electron chi connectivity index (χ2n) is 3.05. The van der Waals surface area contributed by atoms with Crippen molar-refractivity contribution in [3.05, 3.63) is 18.2 Å². The third-order valence-electron chi connectivity index (χ3n) is 1.82. The Hall–Kier alpha value is -0.514. The average molecular weight is 304 g/mol. The van der Waals surface area contributed by atoms with Gasteiger partial charge in [0.2, 0.25) is 0 Å². The van der Waals surface area contributed by atoms with Crippen molar-refractivity contribution >= 4 is 10.1 Å². The molecule has 0 spiro atoms. The zero-order chi connectivity index (χ0) is 13.6. The predicted molar refractivity (Wildman–Crippen MR) is 63.1 cm³/mol. The molecule has 0 fully saturated rings. The molecule has 0 N–H and O–H groups in total. The van der Waals surface area contributed by atoms with Gasteiger partial charge in [0.15, 0.2) is 0 Å². The van der Waals surface area contributed by atoms with E-state index in [9.17, 15) is 13.0 Å². The monoisotopic (exact) mass is 304 g/mol. The largest absolute Gasteiger partial charge is 1.00 e. The first-order chi connectivity index (χ1) is 8.49. The second-order valence-corrected chi connectivity index (χ2v) is 4.40. The molecular weight excluding hydrogens is 295 g/mol. The van der Waals surface area contributed by atoms with Crippen LogP contribution in [0.1, 0.15) is 0 Å². The zero-order valence-electron chi connectivity index (χ0n) is 10.3. The van der Waals surface area contributed by atoms with Gasteiger partial charge in [-0.3, -0.25) is 0 Å². The van der Waals surface area contributed by atoms with E-state index in [-0.39, 0.29) is 76.1 Å². The van der Waals surface area contributed by atoms with Crippen LogP contribution in [-0.2, 0) is 10.1 Å². The quantitative estimate of drug-likeness (QED) is 0.345. The number of rotatable bonds is 5. The molecule has 19 heavy (non-hydrogen) atoms. The summed E-state index contributed by atoms with van der Waals surface area (Å²) in [6.45, 7) is -0.185. The van der Waals surface area contributed by atoms with Crippen LogP contribution in [0.15, 0.2) is 23.1 Å². The predicted octanol–water partition coefficient (Wildman–Crippen LogP) is -2.38. The molecule has 0 saturated carbocycles. The van der Waals surface area contributed by atoms with Gasteiger partial charge < -0.3 is 14.0 Å². The molecule has 94 valence electrons. The Kier molecular flexibility index (Phi) is 8.38. The molecule has 1 rings (SSSR count). The summed E-state index contributed by atoms with van der Waals surface area (Å²) in [5.41, 5.74) is 0. The third kappa shape index (κ3) is 5.98. The summed E-state index contributed by atoms with van der Waals surface area (Å²) >= 11 is 0. The first kappa shape index (κ1) is 18.5. The van der Waals surface area contributed by atoms with Crippen LogP contribution >= 0.6 is 0 Å². The van der Waals surface area contributed by atoms with Crippen LogP contribution in [0, 0.1) is 24.7 Å². The van der Waals surface area contributed by atoms with Gasteiger partial charge in [0.05, 0.1) is 0 Å². The molecule has 0 heterocycles. The van der Waals surface area contributed by atoms with Gasteiger partial charge in [-0.15, -0.1) is 12.8 Å². The van der Waals surface area contributed by atoms with Crippen LogP contribution in [-0.4, -0.2) is 26.2 Å². The Balaban J connectivity index is 0.00000324. The van der Waals surface area contributed by atoms with Crippen molar-refractivity contribution < 1.29 is 73.8 Å². The topological polar surface area (TPSA) is 75.7 Å². The number of hydrogen-bond acceptors (Lipinski definition) is 5. The van der Waals surface area contributed by atoms with Crippen molar-refractivity contribution in [3.8, 4) is 36.2 Å². The minimum atomic E-state index is -4.69. The fraction of sp³-hybridized carbons (Fsp3) is 0.167.